The molecule has 4 nitrogen and oxygen atoms in total. The van der Waals surface area contributed by atoms with Crippen molar-refractivity contribution in [1.29, 1.82) is 0 Å². The zero-order valence-corrected chi connectivity index (χ0v) is 12.7. The third-order valence-electron chi connectivity index (χ3n) is 4.06. The zero-order chi connectivity index (χ0) is 15.9. The van der Waals surface area contributed by atoms with Gasteiger partial charge >= 0.3 is 0 Å². The van der Waals surface area contributed by atoms with Crippen LogP contribution in [0.1, 0.15) is 31.2 Å². The van der Waals surface area contributed by atoms with Gasteiger partial charge in [0, 0.05) is 37.7 Å². The van der Waals surface area contributed by atoms with Gasteiger partial charge < -0.3 is 11.1 Å². The highest BCUT2D eigenvalue weighted by Crippen LogP contribution is 2.21. The van der Waals surface area contributed by atoms with Crippen molar-refractivity contribution in [3.8, 4) is 0 Å². The van der Waals surface area contributed by atoms with Crippen molar-refractivity contribution in [3.05, 3.63) is 35.4 Å². The lowest BCUT2D eigenvalue weighted by Crippen LogP contribution is -2.46. The Morgan fingerprint density at radius 1 is 1.36 bits per heavy atom. The number of likely N-dealkylation sites (tertiary alicyclic amines) is 1. The molecule has 0 aliphatic carbocycles. The maximum atomic E-state index is 13.8. The molecule has 1 aliphatic rings. The number of amides is 1. The van der Waals surface area contributed by atoms with Gasteiger partial charge in [-0.05, 0) is 25.5 Å². The summed E-state index contributed by atoms with van der Waals surface area (Å²) in [6.07, 6.45) is 3.37. The number of hydrogen-bond acceptors (Lipinski definition) is 3. The summed E-state index contributed by atoms with van der Waals surface area (Å²) in [6, 6.07) is 4.41. The normalized spacial score (nSPS) is 19.1. The first kappa shape index (κ1) is 16.8. The van der Waals surface area contributed by atoms with Crippen LogP contribution in [0.4, 0.5) is 8.78 Å². The topological polar surface area (TPSA) is 58.4 Å². The van der Waals surface area contributed by atoms with E-state index in [-0.39, 0.29) is 11.9 Å². The van der Waals surface area contributed by atoms with Gasteiger partial charge in [-0.15, -0.1) is 0 Å². The van der Waals surface area contributed by atoms with Gasteiger partial charge in [-0.2, -0.15) is 0 Å². The van der Waals surface area contributed by atoms with Gasteiger partial charge in [-0.3, -0.25) is 9.69 Å². The van der Waals surface area contributed by atoms with Gasteiger partial charge in [0.1, 0.15) is 0 Å². The van der Waals surface area contributed by atoms with E-state index in [9.17, 15) is 13.6 Å². The molecule has 1 aromatic rings. The largest absolute Gasteiger partial charge is 0.354 e. The summed E-state index contributed by atoms with van der Waals surface area (Å²) in [5.41, 5.74) is 5.71. The average Bonchev–Trinajstić information content (AvgIpc) is 2.51. The van der Waals surface area contributed by atoms with Crippen LogP contribution in [0, 0.1) is 11.6 Å². The van der Waals surface area contributed by atoms with Crippen LogP contribution >= 0.6 is 0 Å². The number of piperidine rings is 1. The first-order valence-corrected chi connectivity index (χ1v) is 7.75. The van der Waals surface area contributed by atoms with Gasteiger partial charge in [0.15, 0.2) is 11.6 Å². The SMILES string of the molecule is NCCC(=O)NCC1CCCCN1Cc1cccc(F)c1F. The molecule has 1 atom stereocenters. The Morgan fingerprint density at radius 3 is 2.95 bits per heavy atom. The highest BCUT2D eigenvalue weighted by atomic mass is 19.2. The molecule has 1 aliphatic heterocycles. The highest BCUT2D eigenvalue weighted by molar-refractivity contribution is 5.76. The van der Waals surface area contributed by atoms with E-state index in [2.05, 4.69) is 10.2 Å². The summed E-state index contributed by atoms with van der Waals surface area (Å²) in [4.78, 5) is 13.6. The molecule has 1 amide bonds. The first-order valence-electron chi connectivity index (χ1n) is 7.75. The number of hydrogen-bond donors (Lipinski definition) is 2. The summed E-state index contributed by atoms with van der Waals surface area (Å²) in [5, 5.41) is 2.87. The highest BCUT2D eigenvalue weighted by Gasteiger charge is 2.24. The van der Waals surface area contributed by atoms with E-state index in [0.717, 1.165) is 31.9 Å². The Balaban J connectivity index is 1.97. The van der Waals surface area contributed by atoms with E-state index >= 15 is 0 Å². The Kier molecular flexibility index (Phi) is 6.27. The molecule has 0 aromatic heterocycles. The average molecular weight is 311 g/mol. The second-order valence-corrected chi connectivity index (χ2v) is 5.68. The Morgan fingerprint density at radius 2 is 2.18 bits per heavy atom. The number of nitrogens with two attached hydrogens (primary N) is 1. The van der Waals surface area contributed by atoms with Crippen LogP contribution in [0.15, 0.2) is 18.2 Å². The van der Waals surface area contributed by atoms with Crippen molar-refractivity contribution in [3.63, 3.8) is 0 Å². The molecule has 122 valence electrons. The van der Waals surface area contributed by atoms with Gasteiger partial charge in [-0.25, -0.2) is 8.78 Å². The van der Waals surface area contributed by atoms with Crippen molar-refractivity contribution in [1.82, 2.24) is 10.2 Å². The van der Waals surface area contributed by atoms with Crippen LogP contribution in [0.25, 0.3) is 0 Å². The summed E-state index contributed by atoms with van der Waals surface area (Å²) in [6.45, 7) is 2.04. The van der Waals surface area contributed by atoms with Crippen LogP contribution < -0.4 is 11.1 Å². The van der Waals surface area contributed by atoms with Crippen molar-refractivity contribution < 1.29 is 13.6 Å². The molecule has 1 fully saturated rings. The molecule has 1 aromatic carbocycles. The second-order valence-electron chi connectivity index (χ2n) is 5.68. The lowest BCUT2D eigenvalue weighted by atomic mass is 10.0. The van der Waals surface area contributed by atoms with Gasteiger partial charge in [0.05, 0.1) is 0 Å². The lowest BCUT2D eigenvalue weighted by molar-refractivity contribution is -0.121. The second kappa shape index (κ2) is 8.19. The smallest absolute Gasteiger partial charge is 0.221 e. The van der Waals surface area contributed by atoms with Crippen LogP contribution in [-0.4, -0.2) is 36.5 Å². The van der Waals surface area contributed by atoms with Crippen molar-refractivity contribution in [2.24, 2.45) is 5.73 Å². The fourth-order valence-corrected chi connectivity index (χ4v) is 2.84. The van der Waals surface area contributed by atoms with Gasteiger partial charge in [0.25, 0.3) is 0 Å². The van der Waals surface area contributed by atoms with E-state index < -0.39 is 11.6 Å². The van der Waals surface area contributed by atoms with Crippen molar-refractivity contribution in [2.75, 3.05) is 19.6 Å². The van der Waals surface area contributed by atoms with Crippen LogP contribution in [0.2, 0.25) is 0 Å². The van der Waals surface area contributed by atoms with E-state index in [1.165, 1.54) is 6.07 Å². The maximum Gasteiger partial charge on any atom is 0.221 e. The molecule has 1 saturated heterocycles. The molecular formula is C16H23F2N3O. The number of carbonyl (C=O) groups excluding carboxylic acids is 1. The van der Waals surface area contributed by atoms with Crippen LogP contribution in [0.5, 0.6) is 0 Å². The number of rotatable bonds is 6. The third-order valence-corrected chi connectivity index (χ3v) is 4.06. The van der Waals surface area contributed by atoms with Crippen molar-refractivity contribution >= 4 is 5.91 Å². The standard InChI is InChI=1S/C16H23F2N3O/c17-14-6-3-4-12(16(14)18)11-21-9-2-1-5-13(21)10-20-15(22)7-8-19/h3-4,6,13H,1-2,5,7-11,19H2,(H,20,22). The quantitative estimate of drug-likeness (QED) is 0.842. The molecule has 1 unspecified atom stereocenters. The molecule has 0 bridgehead atoms. The van der Waals surface area contributed by atoms with Gasteiger partial charge in [0.2, 0.25) is 5.91 Å². The molecule has 0 saturated carbocycles. The molecule has 22 heavy (non-hydrogen) atoms. The van der Waals surface area contributed by atoms with Crippen LogP contribution in [0.3, 0.4) is 0 Å². The number of halogens is 2. The summed E-state index contributed by atoms with van der Waals surface area (Å²) in [7, 11) is 0. The predicted molar refractivity (Wildman–Crippen MR) is 81.1 cm³/mol. The summed E-state index contributed by atoms with van der Waals surface area (Å²) >= 11 is 0. The van der Waals surface area contributed by atoms with E-state index in [1.807, 2.05) is 0 Å². The van der Waals surface area contributed by atoms with E-state index in [1.54, 1.807) is 6.07 Å². The monoisotopic (exact) mass is 311 g/mol. The molecule has 0 spiro atoms. The lowest BCUT2D eigenvalue weighted by Gasteiger charge is -2.36. The minimum absolute atomic E-state index is 0.0649. The molecule has 6 heteroatoms. The van der Waals surface area contributed by atoms with Gasteiger partial charge in [-0.1, -0.05) is 18.6 Å². The Bertz CT molecular complexity index is 510. The molecule has 1 heterocycles. The van der Waals surface area contributed by atoms with E-state index in [4.69, 9.17) is 5.73 Å². The van der Waals surface area contributed by atoms with Crippen molar-refractivity contribution in [2.45, 2.75) is 38.3 Å². The fraction of sp³-hybridized carbons (Fsp3) is 0.562. The first-order chi connectivity index (χ1) is 10.6. The molecule has 3 N–H and O–H groups in total. The number of benzene rings is 1. The minimum atomic E-state index is -0.817. The fourth-order valence-electron chi connectivity index (χ4n) is 2.84. The molecule has 2 rings (SSSR count). The summed E-state index contributed by atoms with van der Waals surface area (Å²) in [5.74, 6) is -1.66. The zero-order valence-electron chi connectivity index (χ0n) is 12.7. The molecule has 0 radical (unpaired) electrons. The number of nitrogens with zero attached hydrogens (tertiary/aromatic N) is 1. The maximum absolute atomic E-state index is 13.8. The predicted octanol–water partition coefficient (Wildman–Crippen LogP) is 1.78. The van der Waals surface area contributed by atoms with E-state index in [0.29, 0.717) is 31.6 Å². The third kappa shape index (κ3) is 4.48. The van der Waals surface area contributed by atoms with Crippen LogP contribution in [-0.2, 0) is 11.3 Å². The number of nitrogens with one attached hydrogen (secondary N) is 1. The minimum Gasteiger partial charge on any atom is -0.354 e. The summed E-state index contributed by atoms with van der Waals surface area (Å²) < 4.78 is 27.1. The Hall–Kier alpha value is -1.53. The Labute approximate surface area is 129 Å². The molecular weight excluding hydrogens is 288 g/mol. The number of carbonyl (C=O) groups is 1.